The van der Waals surface area contributed by atoms with Crippen LogP contribution >= 0.6 is 24.0 Å². The van der Waals surface area contributed by atoms with Crippen molar-refractivity contribution in [3.05, 3.63) is 40.3 Å². The molecule has 3 heterocycles. The van der Waals surface area contributed by atoms with Crippen LogP contribution in [0.1, 0.15) is 30.4 Å². The molecule has 2 aliphatic rings. The Balaban J connectivity index is 1.85. The van der Waals surface area contributed by atoms with Gasteiger partial charge in [-0.1, -0.05) is 35.6 Å². The molecule has 2 saturated heterocycles. The fraction of sp³-hybridized carbons (Fsp3) is 0.316. The fourth-order valence-electron chi connectivity index (χ4n) is 3.33. The minimum Gasteiger partial charge on any atom is -0.356 e. The molecule has 0 radical (unpaired) electrons. The van der Waals surface area contributed by atoms with E-state index in [4.69, 9.17) is 17.2 Å². The molecule has 25 heavy (non-hydrogen) atoms. The molecule has 1 aromatic carbocycles. The summed E-state index contributed by atoms with van der Waals surface area (Å²) in [7, 11) is 0. The predicted molar refractivity (Wildman–Crippen MR) is 109 cm³/mol. The maximum absolute atomic E-state index is 12.1. The summed E-state index contributed by atoms with van der Waals surface area (Å²) in [4.78, 5) is 20.0. The van der Waals surface area contributed by atoms with Crippen molar-refractivity contribution in [1.82, 2.24) is 10.3 Å². The molecule has 1 amide bonds. The monoisotopic (exact) mass is 369 g/mol. The molecule has 0 aliphatic carbocycles. The van der Waals surface area contributed by atoms with Crippen LogP contribution in [0.4, 0.5) is 5.82 Å². The molecule has 1 N–H and O–H groups in total. The van der Waals surface area contributed by atoms with Crippen molar-refractivity contribution in [3.63, 3.8) is 0 Å². The number of thiocarbonyl (C=S) groups is 1. The van der Waals surface area contributed by atoms with E-state index >= 15 is 0 Å². The zero-order chi connectivity index (χ0) is 17.4. The van der Waals surface area contributed by atoms with Gasteiger partial charge in [-0.25, -0.2) is 4.98 Å². The molecule has 6 heteroatoms. The first-order chi connectivity index (χ1) is 12.1. The number of thioether (sulfide) groups is 1. The number of carbonyl (C=O) groups is 1. The second-order valence-corrected chi connectivity index (χ2v) is 8.22. The lowest BCUT2D eigenvalue weighted by molar-refractivity contribution is -0.115. The zero-order valence-electron chi connectivity index (χ0n) is 14.0. The molecule has 2 aromatic rings. The average Bonchev–Trinajstić information content (AvgIpc) is 2.92. The highest BCUT2D eigenvalue weighted by molar-refractivity contribution is 8.26. The summed E-state index contributed by atoms with van der Waals surface area (Å²) in [5.41, 5.74) is 3.18. The third-order valence-electron chi connectivity index (χ3n) is 4.56. The van der Waals surface area contributed by atoms with E-state index in [1.54, 1.807) is 0 Å². The molecule has 1 aromatic heterocycles. The van der Waals surface area contributed by atoms with Gasteiger partial charge in [-0.3, -0.25) is 4.79 Å². The van der Waals surface area contributed by atoms with E-state index in [1.807, 2.05) is 6.08 Å². The summed E-state index contributed by atoms with van der Waals surface area (Å²) in [5.74, 6) is 0.846. The Morgan fingerprint density at radius 2 is 2.04 bits per heavy atom. The average molecular weight is 370 g/mol. The number of aryl methyl sites for hydroxylation is 1. The largest absolute Gasteiger partial charge is 0.356 e. The number of piperidine rings is 1. The van der Waals surface area contributed by atoms with Crippen molar-refractivity contribution < 1.29 is 4.79 Å². The Kier molecular flexibility index (Phi) is 4.48. The molecule has 128 valence electrons. The van der Waals surface area contributed by atoms with Gasteiger partial charge >= 0.3 is 0 Å². The molecule has 4 nitrogen and oxygen atoms in total. The number of anilines is 1. The van der Waals surface area contributed by atoms with Crippen LogP contribution in [0.2, 0.25) is 0 Å². The van der Waals surface area contributed by atoms with Crippen molar-refractivity contribution in [2.24, 2.45) is 0 Å². The maximum atomic E-state index is 12.1. The van der Waals surface area contributed by atoms with E-state index in [2.05, 4.69) is 41.4 Å². The van der Waals surface area contributed by atoms with Crippen molar-refractivity contribution in [3.8, 4) is 0 Å². The third-order valence-corrected chi connectivity index (χ3v) is 5.73. The SMILES string of the molecule is Cc1ccc2nc(N3CCCCC3)c(/C=C3\SC(=S)NC3=O)cc2c1. The Hall–Kier alpha value is -1.92. The van der Waals surface area contributed by atoms with Gasteiger partial charge in [0.2, 0.25) is 0 Å². The first kappa shape index (κ1) is 16.5. The molecule has 4 rings (SSSR count). The lowest BCUT2D eigenvalue weighted by Gasteiger charge is -2.29. The normalized spacial score (nSPS) is 19.7. The quantitative estimate of drug-likeness (QED) is 0.640. The van der Waals surface area contributed by atoms with E-state index < -0.39 is 0 Å². The lowest BCUT2D eigenvalue weighted by atomic mass is 10.1. The van der Waals surface area contributed by atoms with Gasteiger partial charge < -0.3 is 10.2 Å². The molecule has 0 unspecified atom stereocenters. The zero-order valence-corrected chi connectivity index (χ0v) is 15.7. The maximum Gasteiger partial charge on any atom is 0.263 e. The van der Waals surface area contributed by atoms with Crippen LogP contribution in [0, 0.1) is 6.92 Å². The Bertz CT molecular complexity index is 901. The number of amides is 1. The highest BCUT2D eigenvalue weighted by Gasteiger charge is 2.24. The molecular formula is C19H19N3OS2. The molecule has 0 bridgehead atoms. The summed E-state index contributed by atoms with van der Waals surface area (Å²) in [6.07, 6.45) is 5.57. The van der Waals surface area contributed by atoms with Crippen LogP contribution in [0.25, 0.3) is 17.0 Å². The predicted octanol–water partition coefficient (Wildman–Crippen LogP) is 4.02. The van der Waals surface area contributed by atoms with E-state index in [9.17, 15) is 4.79 Å². The van der Waals surface area contributed by atoms with E-state index in [0.29, 0.717) is 9.23 Å². The van der Waals surface area contributed by atoms with Crippen LogP contribution in [-0.4, -0.2) is 28.3 Å². The van der Waals surface area contributed by atoms with Gasteiger partial charge in [0, 0.05) is 24.0 Å². The molecule has 0 spiro atoms. The van der Waals surface area contributed by atoms with Gasteiger partial charge in [0.25, 0.3) is 5.91 Å². The number of hydrogen-bond acceptors (Lipinski definition) is 5. The van der Waals surface area contributed by atoms with Crippen LogP contribution in [0.5, 0.6) is 0 Å². The number of fused-ring (bicyclic) bond motifs is 1. The molecule has 2 fully saturated rings. The van der Waals surface area contributed by atoms with E-state index in [-0.39, 0.29) is 5.91 Å². The van der Waals surface area contributed by atoms with Gasteiger partial charge in [0.05, 0.1) is 10.4 Å². The number of carbonyl (C=O) groups excluding carboxylic acids is 1. The van der Waals surface area contributed by atoms with Crippen LogP contribution in [-0.2, 0) is 4.79 Å². The molecular weight excluding hydrogens is 350 g/mol. The van der Waals surface area contributed by atoms with Crippen molar-refractivity contribution >= 4 is 57.0 Å². The summed E-state index contributed by atoms with van der Waals surface area (Å²) in [6, 6.07) is 8.44. The number of pyridine rings is 1. The second kappa shape index (κ2) is 6.77. The van der Waals surface area contributed by atoms with Crippen molar-refractivity contribution in [2.45, 2.75) is 26.2 Å². The van der Waals surface area contributed by atoms with E-state index in [0.717, 1.165) is 35.4 Å². The number of rotatable bonds is 2. The topological polar surface area (TPSA) is 45.2 Å². The second-order valence-electron chi connectivity index (χ2n) is 6.50. The van der Waals surface area contributed by atoms with Gasteiger partial charge in [0.1, 0.15) is 10.1 Å². The van der Waals surface area contributed by atoms with Crippen LogP contribution < -0.4 is 10.2 Å². The van der Waals surface area contributed by atoms with Crippen LogP contribution in [0.3, 0.4) is 0 Å². The summed E-state index contributed by atoms with van der Waals surface area (Å²) < 4.78 is 0.514. The van der Waals surface area contributed by atoms with Crippen LogP contribution in [0.15, 0.2) is 29.2 Å². The Morgan fingerprint density at radius 1 is 1.24 bits per heavy atom. The minimum atomic E-state index is -0.121. The lowest BCUT2D eigenvalue weighted by Crippen LogP contribution is -2.30. The van der Waals surface area contributed by atoms with Gasteiger partial charge in [-0.2, -0.15) is 0 Å². The number of aromatic nitrogens is 1. The number of hydrogen-bond donors (Lipinski definition) is 1. The van der Waals surface area contributed by atoms with Gasteiger partial charge in [-0.15, -0.1) is 0 Å². The smallest absolute Gasteiger partial charge is 0.263 e. The highest BCUT2D eigenvalue weighted by Crippen LogP contribution is 2.32. The van der Waals surface area contributed by atoms with E-state index in [1.165, 1.54) is 36.6 Å². The molecule has 2 aliphatic heterocycles. The first-order valence-electron chi connectivity index (χ1n) is 8.51. The Morgan fingerprint density at radius 3 is 2.76 bits per heavy atom. The highest BCUT2D eigenvalue weighted by atomic mass is 32.2. The number of benzene rings is 1. The van der Waals surface area contributed by atoms with Crippen molar-refractivity contribution in [2.75, 3.05) is 18.0 Å². The van der Waals surface area contributed by atoms with Gasteiger partial charge in [-0.05, 0) is 50.5 Å². The molecule has 0 atom stereocenters. The first-order valence-corrected chi connectivity index (χ1v) is 9.74. The summed E-state index contributed by atoms with van der Waals surface area (Å²) in [6.45, 7) is 4.10. The van der Waals surface area contributed by atoms with Crippen molar-refractivity contribution in [1.29, 1.82) is 0 Å². The summed E-state index contributed by atoms with van der Waals surface area (Å²) >= 11 is 6.42. The fourth-order valence-corrected chi connectivity index (χ4v) is 4.36. The number of nitrogens with one attached hydrogen (secondary N) is 1. The summed E-state index contributed by atoms with van der Waals surface area (Å²) in [5, 5.41) is 3.78. The number of nitrogens with zero attached hydrogens (tertiary/aromatic N) is 2. The Labute approximate surface area is 156 Å². The standard InChI is InChI=1S/C19H19N3OS2/c1-12-5-6-15-13(9-12)10-14(11-16-18(23)21-19(24)25-16)17(20-15)22-7-3-2-4-8-22/h5-6,9-11H,2-4,7-8H2,1H3,(H,21,23,24)/b16-11-. The molecule has 0 saturated carbocycles. The van der Waals surface area contributed by atoms with Gasteiger partial charge in [0.15, 0.2) is 0 Å². The minimum absolute atomic E-state index is 0.121. The third kappa shape index (κ3) is 3.41.